The molecular formula is C15H27IN8. The van der Waals surface area contributed by atoms with Crippen LogP contribution in [0.4, 0.5) is 5.82 Å². The van der Waals surface area contributed by atoms with Crippen LogP contribution in [0.15, 0.2) is 17.5 Å². The summed E-state index contributed by atoms with van der Waals surface area (Å²) in [5.41, 5.74) is 0.817. The van der Waals surface area contributed by atoms with E-state index in [0.717, 1.165) is 35.8 Å². The third-order valence-corrected chi connectivity index (χ3v) is 3.54. The van der Waals surface area contributed by atoms with Gasteiger partial charge in [0.25, 0.3) is 0 Å². The van der Waals surface area contributed by atoms with Crippen molar-refractivity contribution in [2.45, 2.75) is 33.2 Å². The molecule has 2 aromatic rings. The zero-order valence-corrected chi connectivity index (χ0v) is 17.0. The lowest BCUT2D eigenvalue weighted by Gasteiger charge is -2.16. The number of nitrogens with zero attached hydrogens (tertiary/aromatic N) is 5. The number of halogens is 1. The van der Waals surface area contributed by atoms with E-state index in [1.54, 1.807) is 17.2 Å². The van der Waals surface area contributed by atoms with Crippen LogP contribution in [0.1, 0.15) is 27.2 Å². The van der Waals surface area contributed by atoms with Crippen molar-refractivity contribution in [2.24, 2.45) is 12.0 Å². The second kappa shape index (κ2) is 10.3. The Kier molecular flexibility index (Phi) is 8.72. The molecule has 1 unspecified atom stereocenters. The molecule has 0 bridgehead atoms. The number of anilines is 1. The van der Waals surface area contributed by atoms with E-state index in [9.17, 15) is 0 Å². The minimum Gasteiger partial charge on any atom is -0.367 e. The normalized spacial score (nSPS) is 12.6. The Hall–Kier alpha value is -1.65. The molecule has 0 fully saturated rings. The first-order valence-corrected chi connectivity index (χ1v) is 8.07. The second-order valence-corrected chi connectivity index (χ2v) is 5.37. The zero-order valence-electron chi connectivity index (χ0n) is 14.7. The molecule has 0 aromatic carbocycles. The van der Waals surface area contributed by atoms with Gasteiger partial charge in [-0.2, -0.15) is 5.10 Å². The molecular weight excluding hydrogens is 419 g/mol. The van der Waals surface area contributed by atoms with E-state index in [-0.39, 0.29) is 24.0 Å². The molecule has 0 spiro atoms. The largest absolute Gasteiger partial charge is 0.367 e. The van der Waals surface area contributed by atoms with Gasteiger partial charge in [0.15, 0.2) is 11.6 Å². The molecule has 24 heavy (non-hydrogen) atoms. The first-order chi connectivity index (χ1) is 11.2. The van der Waals surface area contributed by atoms with Crippen molar-refractivity contribution in [3.63, 3.8) is 0 Å². The molecule has 0 saturated carbocycles. The number of aliphatic imine (C=N–C) groups is 1. The SMILES string of the molecule is CCNC(=NCCNc1ncnc2c1cnn2C)NC(C)CC.I. The summed E-state index contributed by atoms with van der Waals surface area (Å²) >= 11 is 0. The van der Waals surface area contributed by atoms with Gasteiger partial charge in [-0.25, -0.2) is 9.97 Å². The lowest BCUT2D eigenvalue weighted by atomic mass is 10.3. The average molecular weight is 446 g/mol. The van der Waals surface area contributed by atoms with Gasteiger partial charge in [-0.15, -0.1) is 24.0 Å². The quantitative estimate of drug-likeness (QED) is 0.260. The molecule has 8 nitrogen and oxygen atoms in total. The Morgan fingerprint density at radius 2 is 2.12 bits per heavy atom. The van der Waals surface area contributed by atoms with Crippen LogP contribution in [0.3, 0.4) is 0 Å². The molecule has 0 aliphatic carbocycles. The summed E-state index contributed by atoms with van der Waals surface area (Å²) < 4.78 is 1.74. The average Bonchev–Trinajstić information content (AvgIpc) is 2.93. The van der Waals surface area contributed by atoms with E-state index < -0.39 is 0 Å². The van der Waals surface area contributed by atoms with Gasteiger partial charge in [0.05, 0.1) is 18.1 Å². The van der Waals surface area contributed by atoms with Gasteiger partial charge in [-0.1, -0.05) is 6.92 Å². The van der Waals surface area contributed by atoms with Crippen molar-refractivity contribution in [3.8, 4) is 0 Å². The Morgan fingerprint density at radius 3 is 2.83 bits per heavy atom. The first kappa shape index (κ1) is 20.4. The van der Waals surface area contributed by atoms with Crippen LogP contribution < -0.4 is 16.0 Å². The minimum atomic E-state index is 0. The molecule has 0 saturated heterocycles. The van der Waals surface area contributed by atoms with Crippen LogP contribution in [0.5, 0.6) is 0 Å². The van der Waals surface area contributed by atoms with Crippen LogP contribution >= 0.6 is 24.0 Å². The molecule has 2 aromatic heterocycles. The molecule has 0 aliphatic rings. The van der Waals surface area contributed by atoms with Crippen molar-refractivity contribution in [3.05, 3.63) is 12.5 Å². The Morgan fingerprint density at radius 1 is 1.33 bits per heavy atom. The fraction of sp³-hybridized carbons (Fsp3) is 0.600. The van der Waals surface area contributed by atoms with Crippen molar-refractivity contribution < 1.29 is 0 Å². The predicted molar refractivity (Wildman–Crippen MR) is 109 cm³/mol. The molecule has 0 aliphatic heterocycles. The van der Waals surface area contributed by atoms with Gasteiger partial charge in [0.1, 0.15) is 12.1 Å². The fourth-order valence-electron chi connectivity index (χ4n) is 2.10. The van der Waals surface area contributed by atoms with Gasteiger partial charge in [0.2, 0.25) is 0 Å². The number of nitrogens with one attached hydrogen (secondary N) is 3. The third-order valence-electron chi connectivity index (χ3n) is 3.54. The summed E-state index contributed by atoms with van der Waals surface area (Å²) in [7, 11) is 1.87. The van der Waals surface area contributed by atoms with Crippen molar-refractivity contribution in [1.29, 1.82) is 0 Å². The Labute approximate surface area is 159 Å². The smallest absolute Gasteiger partial charge is 0.191 e. The summed E-state index contributed by atoms with van der Waals surface area (Å²) in [5.74, 6) is 1.64. The number of aromatic nitrogens is 4. The van der Waals surface area contributed by atoms with E-state index in [0.29, 0.717) is 19.1 Å². The van der Waals surface area contributed by atoms with Crippen molar-refractivity contribution in [1.82, 2.24) is 30.4 Å². The molecule has 2 heterocycles. The van der Waals surface area contributed by atoms with Crippen LogP contribution in [0.2, 0.25) is 0 Å². The predicted octanol–water partition coefficient (Wildman–Crippen LogP) is 1.75. The van der Waals surface area contributed by atoms with Crippen LogP contribution in [0, 0.1) is 0 Å². The highest BCUT2D eigenvalue weighted by Gasteiger charge is 2.07. The van der Waals surface area contributed by atoms with Crippen molar-refractivity contribution in [2.75, 3.05) is 25.0 Å². The molecule has 134 valence electrons. The number of hydrogen-bond donors (Lipinski definition) is 3. The summed E-state index contributed by atoms with van der Waals surface area (Å²) in [6.45, 7) is 8.54. The summed E-state index contributed by atoms with van der Waals surface area (Å²) in [6, 6.07) is 0.401. The fourth-order valence-corrected chi connectivity index (χ4v) is 2.10. The molecule has 0 amide bonds. The van der Waals surface area contributed by atoms with E-state index in [2.05, 4.69) is 56.8 Å². The van der Waals surface area contributed by atoms with E-state index in [4.69, 9.17) is 0 Å². The van der Waals surface area contributed by atoms with Gasteiger partial charge in [-0.05, 0) is 20.3 Å². The van der Waals surface area contributed by atoms with Crippen molar-refractivity contribution >= 4 is 46.8 Å². The Bertz CT molecular complexity index is 654. The Balaban J connectivity index is 0.00000288. The number of guanidine groups is 1. The minimum absolute atomic E-state index is 0. The maximum absolute atomic E-state index is 4.57. The van der Waals surface area contributed by atoms with E-state index in [1.165, 1.54) is 0 Å². The standard InChI is InChI=1S/C15H26N8.HI/c1-5-11(3)22-15(16-6-2)18-8-7-17-13-12-9-21-23(4)14(12)20-10-19-13;/h9-11H,5-8H2,1-4H3,(H2,16,18,22)(H,17,19,20);1H. The van der Waals surface area contributed by atoms with Crippen LogP contribution in [-0.4, -0.2) is 51.4 Å². The number of rotatable bonds is 7. The van der Waals surface area contributed by atoms with E-state index >= 15 is 0 Å². The van der Waals surface area contributed by atoms with Gasteiger partial charge in [0, 0.05) is 26.2 Å². The number of aryl methyl sites for hydroxylation is 1. The molecule has 0 radical (unpaired) electrons. The summed E-state index contributed by atoms with van der Waals surface area (Å²) in [5, 5.41) is 15.0. The zero-order chi connectivity index (χ0) is 16.7. The third kappa shape index (κ3) is 5.46. The topological polar surface area (TPSA) is 92.1 Å². The highest BCUT2D eigenvalue weighted by molar-refractivity contribution is 14.0. The highest BCUT2D eigenvalue weighted by Crippen LogP contribution is 2.17. The van der Waals surface area contributed by atoms with Crippen LogP contribution in [0.25, 0.3) is 11.0 Å². The number of fused-ring (bicyclic) bond motifs is 1. The maximum atomic E-state index is 4.57. The number of hydrogen-bond acceptors (Lipinski definition) is 5. The molecule has 2 rings (SSSR count). The van der Waals surface area contributed by atoms with Gasteiger partial charge < -0.3 is 16.0 Å². The highest BCUT2D eigenvalue weighted by atomic mass is 127. The first-order valence-electron chi connectivity index (χ1n) is 8.07. The molecule has 1 atom stereocenters. The second-order valence-electron chi connectivity index (χ2n) is 5.37. The van der Waals surface area contributed by atoms with Crippen LogP contribution in [-0.2, 0) is 7.05 Å². The lowest BCUT2D eigenvalue weighted by molar-refractivity contribution is 0.625. The lowest BCUT2D eigenvalue weighted by Crippen LogP contribution is -2.42. The molecule has 9 heteroatoms. The maximum Gasteiger partial charge on any atom is 0.191 e. The van der Waals surface area contributed by atoms with Gasteiger partial charge >= 0.3 is 0 Å². The molecule has 3 N–H and O–H groups in total. The van der Waals surface area contributed by atoms with Gasteiger partial charge in [-0.3, -0.25) is 9.67 Å². The summed E-state index contributed by atoms with van der Waals surface area (Å²) in [4.78, 5) is 13.1. The summed E-state index contributed by atoms with van der Waals surface area (Å²) in [6.07, 6.45) is 4.38. The monoisotopic (exact) mass is 446 g/mol. The van der Waals surface area contributed by atoms with E-state index in [1.807, 2.05) is 7.05 Å².